The van der Waals surface area contributed by atoms with Gasteiger partial charge in [-0.15, -0.1) is 0 Å². The first-order valence-corrected chi connectivity index (χ1v) is 6.96. The molecule has 2 nitrogen and oxygen atoms in total. The fourth-order valence-corrected chi connectivity index (χ4v) is 3.04. The van der Waals surface area contributed by atoms with E-state index in [9.17, 15) is 9.18 Å². The van der Waals surface area contributed by atoms with Crippen LogP contribution in [0.4, 0.5) is 4.39 Å². The van der Waals surface area contributed by atoms with Gasteiger partial charge in [0.25, 0.3) is 0 Å². The molecule has 0 saturated heterocycles. The number of rotatable bonds is 3. The molecular weight excluding hydrogens is 265 g/mol. The Balaban J connectivity index is 2.58. The van der Waals surface area contributed by atoms with E-state index in [0.29, 0.717) is 5.56 Å². The third-order valence-electron chi connectivity index (χ3n) is 3.91. The van der Waals surface area contributed by atoms with Crippen molar-refractivity contribution < 1.29 is 9.18 Å². The van der Waals surface area contributed by atoms with Crippen molar-refractivity contribution >= 4 is 17.7 Å². The molecule has 2 rings (SSSR count). The number of hydrogen-bond donors (Lipinski definition) is 0. The van der Waals surface area contributed by atoms with Crippen molar-refractivity contribution in [1.82, 2.24) is 0 Å². The topological polar surface area (TPSA) is 29.4 Å². The van der Waals surface area contributed by atoms with E-state index >= 15 is 0 Å². The lowest BCUT2D eigenvalue weighted by Gasteiger charge is -2.24. The van der Waals surface area contributed by atoms with E-state index in [1.165, 1.54) is 0 Å². The predicted octanol–water partition coefficient (Wildman–Crippen LogP) is 4.71. The minimum atomic E-state index is -0.553. The lowest BCUT2D eigenvalue weighted by molar-refractivity contribution is 0.453. The molecule has 0 spiro atoms. The van der Waals surface area contributed by atoms with Crippen LogP contribution in [0.2, 0.25) is 5.02 Å². The number of benzene rings is 1. The van der Waals surface area contributed by atoms with E-state index in [0.717, 1.165) is 31.2 Å². The summed E-state index contributed by atoms with van der Waals surface area (Å²) in [6.07, 6.45) is 5.28. The molecule has 0 atom stereocenters. The Morgan fingerprint density at radius 3 is 2.53 bits per heavy atom. The maximum absolute atomic E-state index is 14.0. The highest BCUT2D eigenvalue weighted by molar-refractivity contribution is 6.30. The SMILES string of the molecule is CC(C)c1cc(C2(N=C=O)CCCC2)cc(Cl)c1F. The molecule has 4 heteroatoms. The molecule has 0 aliphatic heterocycles. The summed E-state index contributed by atoms with van der Waals surface area (Å²) in [7, 11) is 0. The summed E-state index contributed by atoms with van der Waals surface area (Å²) in [6.45, 7) is 3.84. The zero-order chi connectivity index (χ0) is 14.0. The van der Waals surface area contributed by atoms with Gasteiger partial charge in [-0.1, -0.05) is 44.4 Å². The highest BCUT2D eigenvalue weighted by Crippen LogP contribution is 2.44. The van der Waals surface area contributed by atoms with Gasteiger partial charge in [-0.2, -0.15) is 4.99 Å². The number of hydrogen-bond acceptors (Lipinski definition) is 2. The molecule has 0 unspecified atom stereocenters. The molecule has 0 N–H and O–H groups in total. The summed E-state index contributed by atoms with van der Waals surface area (Å²) in [5.41, 5.74) is 0.862. The van der Waals surface area contributed by atoms with Crippen molar-refractivity contribution in [3.8, 4) is 0 Å². The Kier molecular flexibility index (Phi) is 4.07. The van der Waals surface area contributed by atoms with Crippen LogP contribution >= 0.6 is 11.6 Å². The summed E-state index contributed by atoms with van der Waals surface area (Å²) in [6, 6.07) is 3.41. The van der Waals surface area contributed by atoms with Crippen LogP contribution in [0, 0.1) is 5.82 Å². The van der Waals surface area contributed by atoms with E-state index in [-0.39, 0.29) is 16.8 Å². The molecule has 102 valence electrons. The molecule has 0 amide bonds. The first-order chi connectivity index (χ1) is 9.00. The van der Waals surface area contributed by atoms with E-state index in [4.69, 9.17) is 11.6 Å². The zero-order valence-corrected chi connectivity index (χ0v) is 11.9. The summed E-state index contributed by atoms with van der Waals surface area (Å²) >= 11 is 5.99. The number of aliphatic imine (C=N–C) groups is 1. The molecule has 1 aliphatic carbocycles. The Morgan fingerprint density at radius 1 is 1.37 bits per heavy atom. The lowest BCUT2D eigenvalue weighted by atomic mass is 9.86. The maximum atomic E-state index is 14.0. The van der Waals surface area contributed by atoms with Gasteiger partial charge in [-0.3, -0.25) is 0 Å². The molecule has 1 aromatic carbocycles. The van der Waals surface area contributed by atoms with Gasteiger partial charge in [0.05, 0.1) is 10.6 Å². The molecule has 0 aromatic heterocycles. The molecule has 1 fully saturated rings. The average Bonchev–Trinajstić information content (AvgIpc) is 2.82. The van der Waals surface area contributed by atoms with Gasteiger partial charge < -0.3 is 0 Å². The third-order valence-corrected chi connectivity index (χ3v) is 4.18. The monoisotopic (exact) mass is 281 g/mol. The van der Waals surface area contributed by atoms with E-state index in [2.05, 4.69) is 4.99 Å². The van der Waals surface area contributed by atoms with Gasteiger partial charge in [0.1, 0.15) is 5.82 Å². The van der Waals surface area contributed by atoms with Gasteiger partial charge in [-0.25, -0.2) is 9.18 Å². The molecule has 1 aromatic rings. The Labute approximate surface area is 117 Å². The number of nitrogens with zero attached hydrogens (tertiary/aromatic N) is 1. The van der Waals surface area contributed by atoms with Gasteiger partial charge >= 0.3 is 0 Å². The minimum Gasteiger partial charge on any atom is -0.211 e. The van der Waals surface area contributed by atoms with Crippen molar-refractivity contribution in [3.63, 3.8) is 0 Å². The van der Waals surface area contributed by atoms with Crippen molar-refractivity contribution in [3.05, 3.63) is 34.1 Å². The largest absolute Gasteiger partial charge is 0.235 e. The highest BCUT2D eigenvalue weighted by atomic mass is 35.5. The van der Waals surface area contributed by atoms with E-state index in [1.807, 2.05) is 13.8 Å². The van der Waals surface area contributed by atoms with Gasteiger partial charge in [0.15, 0.2) is 0 Å². The van der Waals surface area contributed by atoms with Crippen molar-refractivity contribution in [2.45, 2.75) is 51.0 Å². The third kappa shape index (κ3) is 2.58. The summed E-state index contributed by atoms with van der Waals surface area (Å²) in [5, 5.41) is 0.105. The minimum absolute atomic E-state index is 0.0381. The average molecular weight is 282 g/mol. The molecule has 0 radical (unpaired) electrons. The molecule has 19 heavy (non-hydrogen) atoms. The predicted molar refractivity (Wildman–Crippen MR) is 73.8 cm³/mol. The zero-order valence-electron chi connectivity index (χ0n) is 11.2. The Morgan fingerprint density at radius 2 is 2.00 bits per heavy atom. The van der Waals surface area contributed by atoms with E-state index < -0.39 is 5.54 Å². The van der Waals surface area contributed by atoms with Gasteiger partial charge in [0.2, 0.25) is 6.08 Å². The smallest absolute Gasteiger partial charge is 0.211 e. The van der Waals surface area contributed by atoms with Crippen molar-refractivity contribution in [2.75, 3.05) is 0 Å². The molecule has 0 heterocycles. The summed E-state index contributed by atoms with van der Waals surface area (Å²) in [4.78, 5) is 14.7. The quantitative estimate of drug-likeness (QED) is 0.583. The summed E-state index contributed by atoms with van der Waals surface area (Å²) < 4.78 is 14.0. The maximum Gasteiger partial charge on any atom is 0.235 e. The molecule has 0 bridgehead atoms. The van der Waals surface area contributed by atoms with Crippen LogP contribution in [0.25, 0.3) is 0 Å². The van der Waals surface area contributed by atoms with Crippen molar-refractivity contribution in [1.29, 1.82) is 0 Å². The molecule has 1 aliphatic rings. The van der Waals surface area contributed by atoms with Gasteiger partial charge in [0, 0.05) is 0 Å². The van der Waals surface area contributed by atoms with Crippen LogP contribution in [0.5, 0.6) is 0 Å². The fourth-order valence-electron chi connectivity index (χ4n) is 2.81. The van der Waals surface area contributed by atoms with Crippen LogP contribution in [0.3, 0.4) is 0 Å². The van der Waals surface area contributed by atoms with E-state index in [1.54, 1.807) is 18.2 Å². The van der Waals surface area contributed by atoms with Crippen LogP contribution in [0.15, 0.2) is 17.1 Å². The fraction of sp³-hybridized carbons (Fsp3) is 0.533. The second kappa shape index (κ2) is 5.44. The van der Waals surface area contributed by atoms with Crippen LogP contribution in [0.1, 0.15) is 56.6 Å². The molecular formula is C15H17ClFNO. The Bertz CT molecular complexity index is 529. The molecule has 1 saturated carbocycles. The Hall–Kier alpha value is -1.18. The van der Waals surface area contributed by atoms with Crippen LogP contribution < -0.4 is 0 Å². The normalized spacial score (nSPS) is 17.5. The number of halogens is 2. The first-order valence-electron chi connectivity index (χ1n) is 6.58. The standard InChI is InChI=1S/C15H17ClFNO/c1-10(2)12-7-11(8-13(16)14(12)17)15(18-9-19)5-3-4-6-15/h7-8,10H,3-6H2,1-2H3. The number of carbonyl (C=O) groups excluding carboxylic acids is 1. The van der Waals surface area contributed by atoms with Gasteiger partial charge in [-0.05, 0) is 36.0 Å². The first kappa shape index (κ1) is 14.2. The summed E-state index contributed by atoms with van der Waals surface area (Å²) in [5.74, 6) is -0.334. The van der Waals surface area contributed by atoms with Crippen LogP contribution in [-0.2, 0) is 10.3 Å². The second-order valence-electron chi connectivity index (χ2n) is 5.46. The van der Waals surface area contributed by atoms with Crippen molar-refractivity contribution in [2.24, 2.45) is 4.99 Å². The highest BCUT2D eigenvalue weighted by Gasteiger charge is 2.36. The second-order valence-corrected chi connectivity index (χ2v) is 5.86. The van der Waals surface area contributed by atoms with Crippen LogP contribution in [-0.4, -0.2) is 6.08 Å². The lowest BCUT2D eigenvalue weighted by Crippen LogP contribution is -2.19. The number of isocyanates is 1.